The van der Waals surface area contributed by atoms with Gasteiger partial charge in [-0.05, 0) is 12.5 Å². The predicted molar refractivity (Wildman–Crippen MR) is 64.0 cm³/mol. The Bertz CT molecular complexity index is 366. The highest BCUT2D eigenvalue weighted by atomic mass is 16.6. The highest BCUT2D eigenvalue weighted by Crippen LogP contribution is 2.02. The summed E-state index contributed by atoms with van der Waals surface area (Å²) in [6.07, 6.45) is 3.72. The molecule has 1 aromatic rings. The van der Waals surface area contributed by atoms with Gasteiger partial charge in [0.2, 0.25) is 5.95 Å². The molecule has 1 amide bonds. The molecular weight excluding hydrogens is 236 g/mol. The molecule has 0 radical (unpaired) electrons. The van der Waals surface area contributed by atoms with Crippen molar-refractivity contribution < 1.29 is 14.3 Å². The number of carbonyl (C=O) groups excluding carboxylic acids is 1. The highest BCUT2D eigenvalue weighted by molar-refractivity contribution is 5.67. The van der Waals surface area contributed by atoms with Crippen molar-refractivity contribution in [2.75, 3.05) is 38.4 Å². The van der Waals surface area contributed by atoms with Crippen LogP contribution in [-0.4, -0.2) is 54.0 Å². The van der Waals surface area contributed by atoms with Crippen LogP contribution in [0.1, 0.15) is 6.42 Å². The summed E-state index contributed by atoms with van der Waals surface area (Å²) < 4.78 is 10.3. The number of ether oxygens (including phenoxy) is 2. The Hall–Kier alpha value is -1.89. The lowest BCUT2D eigenvalue weighted by molar-refractivity contribution is 0.102. The van der Waals surface area contributed by atoms with E-state index in [-0.39, 0.29) is 12.8 Å². The van der Waals surface area contributed by atoms with Crippen LogP contribution in [0.25, 0.3) is 0 Å². The summed E-state index contributed by atoms with van der Waals surface area (Å²) in [4.78, 5) is 21.3. The number of nitrogens with zero attached hydrogens (tertiary/aromatic N) is 3. The topological polar surface area (TPSA) is 76.6 Å². The molecule has 0 aromatic carbocycles. The summed E-state index contributed by atoms with van der Waals surface area (Å²) in [5, 5.41) is 2.81. The third-order valence-electron chi connectivity index (χ3n) is 2.47. The van der Waals surface area contributed by atoms with E-state index in [2.05, 4.69) is 15.3 Å². The average molecular weight is 252 g/mol. The number of rotatable bonds is 3. The summed E-state index contributed by atoms with van der Waals surface area (Å²) in [5.74, 6) is 0.435. The zero-order chi connectivity index (χ0) is 12.6. The number of amides is 1. The minimum absolute atomic E-state index is 0.0558. The Morgan fingerprint density at radius 3 is 3.06 bits per heavy atom. The van der Waals surface area contributed by atoms with Gasteiger partial charge in [-0.1, -0.05) is 0 Å². The SMILES string of the molecule is O=C(OCNc1ncccn1)N1CCCOCC1. The van der Waals surface area contributed by atoms with Crippen LogP contribution in [0.15, 0.2) is 18.5 Å². The Morgan fingerprint density at radius 2 is 2.22 bits per heavy atom. The molecule has 0 bridgehead atoms. The Morgan fingerprint density at radius 1 is 1.39 bits per heavy atom. The second-order valence-corrected chi connectivity index (χ2v) is 3.76. The van der Waals surface area contributed by atoms with E-state index in [0.717, 1.165) is 6.42 Å². The maximum atomic E-state index is 11.7. The van der Waals surface area contributed by atoms with Crippen molar-refractivity contribution in [1.82, 2.24) is 14.9 Å². The van der Waals surface area contributed by atoms with Gasteiger partial charge in [0, 0.05) is 32.1 Å². The van der Waals surface area contributed by atoms with Gasteiger partial charge in [-0.15, -0.1) is 0 Å². The van der Waals surface area contributed by atoms with Gasteiger partial charge in [0.1, 0.15) is 0 Å². The standard InChI is InChI=1S/C11H16N4O3/c16-11(15-5-2-7-17-8-6-15)18-9-14-10-12-3-1-4-13-10/h1,3-4H,2,5-9H2,(H,12,13,14). The maximum absolute atomic E-state index is 11.7. The molecule has 7 heteroatoms. The molecule has 2 rings (SSSR count). The normalized spacial score (nSPS) is 15.9. The maximum Gasteiger partial charge on any atom is 0.411 e. The molecule has 1 N–H and O–H groups in total. The molecule has 18 heavy (non-hydrogen) atoms. The molecule has 1 aliphatic heterocycles. The number of hydrogen-bond acceptors (Lipinski definition) is 6. The lowest BCUT2D eigenvalue weighted by atomic mass is 10.4. The second kappa shape index (κ2) is 6.75. The van der Waals surface area contributed by atoms with E-state index in [9.17, 15) is 4.79 Å². The molecule has 7 nitrogen and oxygen atoms in total. The molecule has 2 heterocycles. The average Bonchev–Trinajstić information content (AvgIpc) is 2.69. The van der Waals surface area contributed by atoms with E-state index < -0.39 is 0 Å². The van der Waals surface area contributed by atoms with Gasteiger partial charge in [-0.2, -0.15) is 0 Å². The Labute approximate surface area is 105 Å². The van der Waals surface area contributed by atoms with Crippen molar-refractivity contribution >= 4 is 12.0 Å². The second-order valence-electron chi connectivity index (χ2n) is 3.76. The summed E-state index contributed by atoms with van der Waals surface area (Å²) in [6, 6.07) is 1.72. The van der Waals surface area contributed by atoms with Crippen LogP contribution in [-0.2, 0) is 9.47 Å². The minimum atomic E-state index is -0.344. The number of carbonyl (C=O) groups is 1. The van der Waals surface area contributed by atoms with Gasteiger partial charge < -0.3 is 19.7 Å². The van der Waals surface area contributed by atoms with E-state index in [0.29, 0.717) is 32.3 Å². The monoisotopic (exact) mass is 252 g/mol. The smallest absolute Gasteiger partial charge is 0.411 e. The zero-order valence-corrected chi connectivity index (χ0v) is 10.0. The molecule has 1 saturated heterocycles. The first kappa shape index (κ1) is 12.6. The molecular formula is C11H16N4O3. The van der Waals surface area contributed by atoms with E-state index in [1.165, 1.54) is 0 Å². The zero-order valence-electron chi connectivity index (χ0n) is 10.0. The van der Waals surface area contributed by atoms with Crippen LogP contribution in [0, 0.1) is 0 Å². The van der Waals surface area contributed by atoms with Crippen LogP contribution in [0.4, 0.5) is 10.7 Å². The molecule has 0 saturated carbocycles. The lowest BCUT2D eigenvalue weighted by Gasteiger charge is -2.18. The first-order valence-corrected chi connectivity index (χ1v) is 5.86. The lowest BCUT2D eigenvalue weighted by Crippen LogP contribution is -2.34. The van der Waals surface area contributed by atoms with Gasteiger partial charge in [0.25, 0.3) is 0 Å². The number of anilines is 1. The third kappa shape index (κ3) is 3.85. The molecule has 0 unspecified atom stereocenters. The van der Waals surface area contributed by atoms with E-state index in [1.54, 1.807) is 23.4 Å². The van der Waals surface area contributed by atoms with Gasteiger partial charge in [0.15, 0.2) is 6.73 Å². The largest absolute Gasteiger partial charge is 0.428 e. The van der Waals surface area contributed by atoms with Gasteiger partial charge in [0.05, 0.1) is 6.61 Å². The number of aromatic nitrogens is 2. The van der Waals surface area contributed by atoms with Crippen LogP contribution < -0.4 is 5.32 Å². The van der Waals surface area contributed by atoms with Crippen molar-refractivity contribution in [2.24, 2.45) is 0 Å². The van der Waals surface area contributed by atoms with Crippen LogP contribution in [0.2, 0.25) is 0 Å². The summed E-state index contributed by atoms with van der Waals surface area (Å²) >= 11 is 0. The predicted octanol–water partition coefficient (Wildman–Crippen LogP) is 0.705. The van der Waals surface area contributed by atoms with Crippen molar-refractivity contribution in [3.63, 3.8) is 0 Å². The van der Waals surface area contributed by atoms with Crippen LogP contribution in [0.5, 0.6) is 0 Å². The molecule has 1 aliphatic rings. The minimum Gasteiger partial charge on any atom is -0.428 e. The molecule has 0 aliphatic carbocycles. The summed E-state index contributed by atoms with van der Waals surface area (Å²) in [6.45, 7) is 2.55. The first-order chi connectivity index (χ1) is 8.86. The summed E-state index contributed by atoms with van der Waals surface area (Å²) in [7, 11) is 0. The van der Waals surface area contributed by atoms with E-state index in [1.807, 2.05) is 0 Å². The fourth-order valence-corrected chi connectivity index (χ4v) is 1.57. The fraction of sp³-hybridized carbons (Fsp3) is 0.545. The van der Waals surface area contributed by atoms with Crippen molar-refractivity contribution in [2.45, 2.75) is 6.42 Å². The van der Waals surface area contributed by atoms with E-state index in [4.69, 9.17) is 9.47 Å². The van der Waals surface area contributed by atoms with E-state index >= 15 is 0 Å². The van der Waals surface area contributed by atoms with Gasteiger partial charge >= 0.3 is 6.09 Å². The Balaban J connectivity index is 1.71. The number of hydrogen-bond donors (Lipinski definition) is 1. The first-order valence-electron chi connectivity index (χ1n) is 5.86. The summed E-state index contributed by atoms with van der Waals surface area (Å²) in [5.41, 5.74) is 0. The Kier molecular flexibility index (Phi) is 4.71. The van der Waals surface area contributed by atoms with Crippen molar-refractivity contribution in [3.05, 3.63) is 18.5 Å². The third-order valence-corrected chi connectivity index (χ3v) is 2.47. The molecule has 1 aromatic heterocycles. The van der Waals surface area contributed by atoms with Gasteiger partial charge in [-0.3, -0.25) is 0 Å². The number of nitrogens with one attached hydrogen (secondary N) is 1. The highest BCUT2D eigenvalue weighted by Gasteiger charge is 2.16. The molecule has 0 spiro atoms. The molecule has 1 fully saturated rings. The quantitative estimate of drug-likeness (QED) is 0.798. The fourth-order valence-electron chi connectivity index (χ4n) is 1.57. The van der Waals surface area contributed by atoms with Crippen molar-refractivity contribution in [3.8, 4) is 0 Å². The van der Waals surface area contributed by atoms with Gasteiger partial charge in [-0.25, -0.2) is 14.8 Å². The van der Waals surface area contributed by atoms with Crippen LogP contribution in [0.3, 0.4) is 0 Å². The molecule has 0 atom stereocenters. The van der Waals surface area contributed by atoms with Crippen LogP contribution >= 0.6 is 0 Å². The van der Waals surface area contributed by atoms with Crippen molar-refractivity contribution in [1.29, 1.82) is 0 Å². The molecule has 98 valence electrons.